The van der Waals surface area contributed by atoms with E-state index in [1.165, 1.54) is 19.2 Å². The van der Waals surface area contributed by atoms with Gasteiger partial charge in [-0.2, -0.15) is 0 Å². The number of rotatable bonds is 7. The van der Waals surface area contributed by atoms with Crippen molar-refractivity contribution >= 4 is 11.7 Å². The van der Waals surface area contributed by atoms with Crippen molar-refractivity contribution < 1.29 is 18.8 Å². The minimum absolute atomic E-state index is 0.0641. The molecule has 0 radical (unpaired) electrons. The first-order valence-electron chi connectivity index (χ1n) is 6.19. The van der Waals surface area contributed by atoms with Gasteiger partial charge in [0.15, 0.2) is 0 Å². The van der Waals surface area contributed by atoms with Crippen molar-refractivity contribution in [2.75, 3.05) is 20.2 Å². The van der Waals surface area contributed by atoms with Gasteiger partial charge in [0.25, 0.3) is 5.69 Å². The summed E-state index contributed by atoms with van der Waals surface area (Å²) in [6.45, 7) is 2.87. The summed E-state index contributed by atoms with van der Waals surface area (Å²) < 4.78 is 17.9. The number of nitrogens with zero attached hydrogens (tertiary/aromatic N) is 2. The van der Waals surface area contributed by atoms with Gasteiger partial charge in [0.05, 0.1) is 24.6 Å². The smallest absolute Gasteiger partial charge is 0.319 e. The lowest BCUT2D eigenvalue weighted by Crippen LogP contribution is -2.30. The number of nitro groups is 1. The summed E-state index contributed by atoms with van der Waals surface area (Å²) in [6.07, 6.45) is 0.800. The fraction of sp³-hybridized carbons (Fsp3) is 0.462. The highest BCUT2D eigenvalue weighted by atomic mass is 19.1. The second-order valence-corrected chi connectivity index (χ2v) is 4.36. The van der Waals surface area contributed by atoms with E-state index in [1.807, 2.05) is 6.92 Å². The molecule has 1 rings (SSSR count). The molecule has 0 fully saturated rings. The fourth-order valence-electron chi connectivity index (χ4n) is 1.87. The number of carbonyl (C=O) groups is 1. The van der Waals surface area contributed by atoms with Gasteiger partial charge in [-0.05, 0) is 24.6 Å². The normalized spacial score (nSPS) is 10.6. The van der Waals surface area contributed by atoms with E-state index < -0.39 is 16.7 Å². The van der Waals surface area contributed by atoms with Crippen LogP contribution in [0.1, 0.15) is 18.9 Å². The van der Waals surface area contributed by atoms with E-state index in [-0.39, 0.29) is 18.8 Å². The van der Waals surface area contributed by atoms with Gasteiger partial charge in [0.1, 0.15) is 5.82 Å². The zero-order valence-corrected chi connectivity index (χ0v) is 11.5. The van der Waals surface area contributed by atoms with E-state index in [4.69, 9.17) is 0 Å². The average molecular weight is 284 g/mol. The number of methoxy groups -OCH3 is 1. The van der Waals surface area contributed by atoms with Crippen molar-refractivity contribution in [1.29, 1.82) is 0 Å². The predicted octanol–water partition coefficient (Wildman–Crippen LogP) is 2.12. The number of halogens is 1. The molecule has 0 N–H and O–H groups in total. The van der Waals surface area contributed by atoms with E-state index in [9.17, 15) is 19.3 Å². The molecule has 0 spiro atoms. The molecule has 6 nitrogen and oxygen atoms in total. The Morgan fingerprint density at radius 3 is 2.70 bits per heavy atom. The molecule has 0 saturated carbocycles. The highest BCUT2D eigenvalue weighted by Gasteiger charge is 2.14. The topological polar surface area (TPSA) is 72.7 Å². The summed E-state index contributed by atoms with van der Waals surface area (Å²) in [7, 11) is 1.29. The number of hydrogen-bond acceptors (Lipinski definition) is 5. The molecule has 0 amide bonds. The van der Waals surface area contributed by atoms with Crippen LogP contribution in [0.2, 0.25) is 0 Å². The summed E-state index contributed by atoms with van der Waals surface area (Å²) in [5.74, 6) is -1.06. The summed E-state index contributed by atoms with van der Waals surface area (Å²) in [6, 6.07) is 3.41. The zero-order valence-electron chi connectivity index (χ0n) is 11.5. The standard InChI is InChI=1S/C13H17FN2O4/c1-3-4-15(9-13(17)20-2)8-10-5-11(14)7-12(6-10)16(18)19/h5-7H,3-4,8-9H2,1-2H3. The van der Waals surface area contributed by atoms with Crippen LogP contribution in [0.25, 0.3) is 0 Å². The molecule has 7 heteroatoms. The van der Waals surface area contributed by atoms with Gasteiger partial charge in [0.2, 0.25) is 0 Å². The predicted molar refractivity (Wildman–Crippen MR) is 70.6 cm³/mol. The number of benzene rings is 1. The Labute approximate surface area is 116 Å². The molecule has 0 aromatic heterocycles. The molecular weight excluding hydrogens is 267 g/mol. The average Bonchev–Trinajstić information content (AvgIpc) is 2.38. The maximum absolute atomic E-state index is 13.3. The number of nitro benzene ring substituents is 1. The summed E-state index contributed by atoms with van der Waals surface area (Å²) in [5.41, 5.74) is 0.156. The molecule has 1 aromatic rings. The quantitative estimate of drug-likeness (QED) is 0.435. The summed E-state index contributed by atoms with van der Waals surface area (Å²) >= 11 is 0. The van der Waals surface area contributed by atoms with Crippen molar-refractivity contribution in [3.05, 3.63) is 39.7 Å². The van der Waals surface area contributed by atoms with E-state index in [1.54, 1.807) is 4.90 Å². The lowest BCUT2D eigenvalue weighted by molar-refractivity contribution is -0.385. The van der Waals surface area contributed by atoms with E-state index in [0.29, 0.717) is 12.1 Å². The second-order valence-electron chi connectivity index (χ2n) is 4.36. The van der Waals surface area contributed by atoms with Crippen molar-refractivity contribution in [1.82, 2.24) is 4.90 Å². The Morgan fingerprint density at radius 1 is 1.45 bits per heavy atom. The van der Waals surface area contributed by atoms with Crippen LogP contribution < -0.4 is 0 Å². The molecule has 0 aliphatic carbocycles. The molecule has 0 aliphatic rings. The van der Waals surface area contributed by atoms with Crippen molar-refractivity contribution in [2.24, 2.45) is 0 Å². The van der Waals surface area contributed by atoms with Crippen molar-refractivity contribution in [3.63, 3.8) is 0 Å². The van der Waals surface area contributed by atoms with Gasteiger partial charge in [-0.1, -0.05) is 6.92 Å². The lowest BCUT2D eigenvalue weighted by atomic mass is 10.1. The summed E-state index contributed by atoms with van der Waals surface area (Å²) in [4.78, 5) is 23.1. The van der Waals surface area contributed by atoms with E-state index in [0.717, 1.165) is 12.5 Å². The molecule has 0 saturated heterocycles. The molecule has 0 heterocycles. The Kier molecular flexibility index (Phi) is 6.05. The molecule has 110 valence electrons. The second kappa shape index (κ2) is 7.54. The van der Waals surface area contributed by atoms with Crippen molar-refractivity contribution in [2.45, 2.75) is 19.9 Å². The minimum Gasteiger partial charge on any atom is -0.468 e. The first-order chi connectivity index (χ1) is 9.46. The third kappa shape index (κ3) is 4.93. The van der Waals surface area contributed by atoms with Gasteiger partial charge >= 0.3 is 5.97 Å². The van der Waals surface area contributed by atoms with Crippen LogP contribution in [0.15, 0.2) is 18.2 Å². The Balaban J connectivity index is 2.87. The van der Waals surface area contributed by atoms with Crippen LogP contribution in [0.3, 0.4) is 0 Å². The number of carbonyl (C=O) groups excluding carboxylic acids is 1. The van der Waals surface area contributed by atoms with Gasteiger partial charge in [-0.15, -0.1) is 0 Å². The van der Waals surface area contributed by atoms with Gasteiger partial charge in [-0.25, -0.2) is 4.39 Å². The molecular formula is C13H17FN2O4. The van der Waals surface area contributed by atoms with Crippen LogP contribution in [0, 0.1) is 15.9 Å². The first-order valence-corrected chi connectivity index (χ1v) is 6.19. The molecule has 0 atom stereocenters. The zero-order chi connectivity index (χ0) is 15.1. The first kappa shape index (κ1) is 16.0. The van der Waals surface area contributed by atoms with E-state index >= 15 is 0 Å². The Morgan fingerprint density at radius 2 is 2.15 bits per heavy atom. The van der Waals surface area contributed by atoms with Gasteiger partial charge < -0.3 is 4.74 Å². The van der Waals surface area contributed by atoms with Crippen molar-refractivity contribution in [3.8, 4) is 0 Å². The third-order valence-electron chi connectivity index (χ3n) is 2.68. The summed E-state index contributed by atoms with van der Waals surface area (Å²) in [5, 5.41) is 10.7. The van der Waals surface area contributed by atoms with Gasteiger partial charge in [0, 0.05) is 12.6 Å². The molecule has 0 unspecified atom stereocenters. The van der Waals surface area contributed by atoms with Crippen LogP contribution in [0.4, 0.5) is 10.1 Å². The highest BCUT2D eigenvalue weighted by Crippen LogP contribution is 2.17. The number of ether oxygens (including phenoxy) is 1. The minimum atomic E-state index is -0.663. The number of hydrogen-bond donors (Lipinski definition) is 0. The van der Waals surface area contributed by atoms with Gasteiger partial charge in [-0.3, -0.25) is 19.8 Å². The lowest BCUT2D eigenvalue weighted by Gasteiger charge is -2.20. The van der Waals surface area contributed by atoms with Crippen LogP contribution in [-0.4, -0.2) is 36.0 Å². The van der Waals surface area contributed by atoms with Crippen LogP contribution >= 0.6 is 0 Å². The van der Waals surface area contributed by atoms with Crippen LogP contribution in [0.5, 0.6) is 0 Å². The Hall–Kier alpha value is -2.02. The van der Waals surface area contributed by atoms with Crippen LogP contribution in [-0.2, 0) is 16.1 Å². The fourth-order valence-corrected chi connectivity index (χ4v) is 1.87. The highest BCUT2D eigenvalue weighted by molar-refractivity contribution is 5.71. The molecule has 1 aromatic carbocycles. The number of non-ortho nitro benzene ring substituents is 1. The maximum atomic E-state index is 13.3. The molecule has 0 bridgehead atoms. The Bertz CT molecular complexity index is 493. The monoisotopic (exact) mass is 284 g/mol. The third-order valence-corrected chi connectivity index (χ3v) is 2.68. The largest absolute Gasteiger partial charge is 0.468 e. The maximum Gasteiger partial charge on any atom is 0.319 e. The molecule has 0 aliphatic heterocycles. The SMILES string of the molecule is CCCN(CC(=O)OC)Cc1cc(F)cc([N+](=O)[O-])c1. The van der Waals surface area contributed by atoms with E-state index in [2.05, 4.69) is 4.74 Å². The molecule has 20 heavy (non-hydrogen) atoms. The number of esters is 1.